The van der Waals surface area contributed by atoms with Gasteiger partial charge in [-0.2, -0.15) is 0 Å². The molecule has 1 aliphatic heterocycles. The molecule has 2 aliphatic rings. The molecule has 0 spiro atoms. The zero-order chi connectivity index (χ0) is 9.42. The molecule has 0 aromatic carbocycles. The molecule has 1 amide bonds. The summed E-state index contributed by atoms with van der Waals surface area (Å²) in [6.45, 7) is 1.95. The molecule has 66 valence electrons. The Kier molecular flexibility index (Phi) is 2.04. The summed E-state index contributed by atoms with van der Waals surface area (Å²) in [7, 11) is 0. The van der Waals surface area contributed by atoms with Crippen LogP contribution in [0.25, 0.3) is 0 Å². The largest absolute Gasteiger partial charge is 0.269 e. The summed E-state index contributed by atoms with van der Waals surface area (Å²) in [5.41, 5.74) is 1.89. The molecule has 3 heteroatoms. The maximum atomic E-state index is 11.1. The Morgan fingerprint density at radius 2 is 2.23 bits per heavy atom. The third-order valence-electron chi connectivity index (χ3n) is 2.13. The van der Waals surface area contributed by atoms with Crippen molar-refractivity contribution >= 4 is 27.5 Å². The van der Waals surface area contributed by atoms with Crippen LogP contribution in [0.2, 0.25) is 0 Å². The lowest BCUT2D eigenvalue weighted by Gasteiger charge is -2.20. The van der Waals surface area contributed by atoms with Crippen LogP contribution in [-0.2, 0) is 4.79 Å². The fraction of sp³-hybridized carbons (Fsp3) is 0.200. The van der Waals surface area contributed by atoms with Crippen LogP contribution < -0.4 is 0 Å². The number of allylic oxidation sites excluding steroid dienone is 5. The predicted octanol–water partition coefficient (Wildman–Crippen LogP) is 2.38. The van der Waals surface area contributed by atoms with E-state index in [1.807, 2.05) is 25.2 Å². The van der Waals surface area contributed by atoms with Gasteiger partial charge >= 0.3 is 0 Å². The highest BCUT2D eigenvalue weighted by atomic mass is 79.9. The minimum Gasteiger partial charge on any atom is -0.267 e. The van der Waals surface area contributed by atoms with E-state index in [1.54, 1.807) is 6.08 Å². The van der Waals surface area contributed by atoms with Crippen molar-refractivity contribution in [3.05, 3.63) is 34.4 Å². The molecule has 13 heavy (non-hydrogen) atoms. The van der Waals surface area contributed by atoms with Gasteiger partial charge in [-0.05, 0) is 13.0 Å². The molecule has 0 N–H and O–H groups in total. The topological polar surface area (TPSA) is 29.4 Å². The lowest BCUT2D eigenvalue weighted by Crippen LogP contribution is -2.20. The maximum absolute atomic E-state index is 11.1. The number of hydrogen-bond donors (Lipinski definition) is 0. The fourth-order valence-electron chi connectivity index (χ4n) is 1.50. The molecule has 0 aromatic heterocycles. The number of rotatable bonds is 0. The number of fused-ring (bicyclic) bond motifs is 1. The molecule has 0 radical (unpaired) electrons. The third-order valence-corrected chi connectivity index (χ3v) is 2.63. The third kappa shape index (κ3) is 1.56. The second-order valence-electron chi connectivity index (χ2n) is 3.13. The van der Waals surface area contributed by atoms with Gasteiger partial charge in [0, 0.05) is 16.5 Å². The lowest BCUT2D eigenvalue weighted by atomic mass is 9.89. The average molecular weight is 238 g/mol. The first-order chi connectivity index (χ1) is 6.16. The highest BCUT2D eigenvalue weighted by Gasteiger charge is 2.21. The Balaban J connectivity index is 2.44. The zero-order valence-corrected chi connectivity index (χ0v) is 8.71. The number of amides is 1. The minimum atomic E-state index is -0.157. The Hall–Kier alpha value is -0.960. The van der Waals surface area contributed by atoms with Gasteiger partial charge in [-0.3, -0.25) is 4.79 Å². The van der Waals surface area contributed by atoms with Crippen LogP contribution in [0.4, 0.5) is 0 Å². The first-order valence-electron chi connectivity index (χ1n) is 4.03. The molecule has 0 fully saturated rings. The second kappa shape index (κ2) is 3.07. The van der Waals surface area contributed by atoms with E-state index >= 15 is 0 Å². The minimum absolute atomic E-state index is 0.157. The number of hydrogen-bond acceptors (Lipinski definition) is 1. The number of dihydropyridines is 1. The van der Waals surface area contributed by atoms with Crippen LogP contribution in [0.3, 0.4) is 0 Å². The van der Waals surface area contributed by atoms with Crippen molar-refractivity contribution in [3.63, 3.8) is 0 Å². The quantitative estimate of drug-likeness (QED) is 0.637. The molecule has 1 heterocycles. The first-order valence-corrected chi connectivity index (χ1v) is 4.82. The van der Waals surface area contributed by atoms with E-state index in [0.717, 1.165) is 15.8 Å². The molecule has 0 saturated heterocycles. The van der Waals surface area contributed by atoms with Gasteiger partial charge in [0.2, 0.25) is 0 Å². The van der Waals surface area contributed by atoms with Crippen molar-refractivity contribution in [3.8, 4) is 0 Å². The molecule has 0 bridgehead atoms. The summed E-state index contributed by atoms with van der Waals surface area (Å²) in [5.74, 6) is 0.0367. The number of halogens is 1. The van der Waals surface area contributed by atoms with Crippen LogP contribution in [0.5, 0.6) is 0 Å². The van der Waals surface area contributed by atoms with Crippen molar-refractivity contribution in [1.82, 2.24) is 0 Å². The molecular weight excluding hydrogens is 230 g/mol. The second-order valence-corrected chi connectivity index (χ2v) is 4.04. The summed E-state index contributed by atoms with van der Waals surface area (Å²) >= 11 is 3.35. The average Bonchev–Trinajstić information content (AvgIpc) is 2.02. The van der Waals surface area contributed by atoms with E-state index in [4.69, 9.17) is 0 Å². The van der Waals surface area contributed by atoms with Crippen LogP contribution in [0.15, 0.2) is 39.4 Å². The fourth-order valence-corrected chi connectivity index (χ4v) is 1.88. The summed E-state index contributed by atoms with van der Waals surface area (Å²) in [6, 6.07) is 0. The summed E-state index contributed by atoms with van der Waals surface area (Å²) in [6.07, 6.45) is 7.50. The molecule has 1 unspecified atom stereocenters. The van der Waals surface area contributed by atoms with Gasteiger partial charge in [0.25, 0.3) is 5.91 Å². The Bertz CT molecular complexity index is 388. The maximum Gasteiger partial charge on any atom is 0.269 e. The summed E-state index contributed by atoms with van der Waals surface area (Å²) in [4.78, 5) is 15.1. The van der Waals surface area contributed by atoms with Crippen molar-refractivity contribution in [2.45, 2.75) is 6.92 Å². The lowest BCUT2D eigenvalue weighted by molar-refractivity contribution is -0.113. The number of carbonyl (C=O) groups is 1. The number of aliphatic imine (C=N–C) groups is 1. The summed E-state index contributed by atoms with van der Waals surface area (Å²) in [5, 5.41) is 0. The highest BCUT2D eigenvalue weighted by molar-refractivity contribution is 9.11. The van der Waals surface area contributed by atoms with Crippen molar-refractivity contribution in [2.75, 3.05) is 0 Å². The van der Waals surface area contributed by atoms with Gasteiger partial charge in [-0.25, -0.2) is 4.99 Å². The highest BCUT2D eigenvalue weighted by Crippen LogP contribution is 2.26. The smallest absolute Gasteiger partial charge is 0.267 e. The molecule has 0 aromatic rings. The number of nitrogens with zero attached hydrogens (tertiary/aromatic N) is 1. The van der Waals surface area contributed by atoms with E-state index < -0.39 is 0 Å². The Morgan fingerprint density at radius 3 is 3.00 bits per heavy atom. The Morgan fingerprint density at radius 1 is 1.46 bits per heavy atom. The van der Waals surface area contributed by atoms with E-state index in [0.29, 0.717) is 0 Å². The van der Waals surface area contributed by atoms with E-state index in [9.17, 15) is 4.79 Å². The van der Waals surface area contributed by atoms with Gasteiger partial charge in [-0.15, -0.1) is 0 Å². The first kappa shape index (κ1) is 8.63. The van der Waals surface area contributed by atoms with Gasteiger partial charge in [0.05, 0.1) is 5.71 Å². The Labute approximate surface area is 84.9 Å². The normalized spacial score (nSPS) is 26.2. The van der Waals surface area contributed by atoms with Crippen molar-refractivity contribution in [1.29, 1.82) is 0 Å². The molecular formula is C10H8BrNO. The van der Waals surface area contributed by atoms with E-state index in [2.05, 4.69) is 20.9 Å². The SMILES string of the molecule is CC1=CC(=O)N=C2C=C(Br)C=CC12. The van der Waals surface area contributed by atoms with Crippen molar-refractivity contribution in [2.24, 2.45) is 10.9 Å². The molecule has 2 nitrogen and oxygen atoms in total. The van der Waals surface area contributed by atoms with Gasteiger partial charge < -0.3 is 0 Å². The predicted molar refractivity (Wildman–Crippen MR) is 55.8 cm³/mol. The van der Waals surface area contributed by atoms with Gasteiger partial charge in [-0.1, -0.05) is 33.7 Å². The standard InChI is InChI=1S/C10H8BrNO/c1-6-4-10(13)12-9-5-7(11)2-3-8(6)9/h2-5,8H,1H3. The van der Waals surface area contributed by atoms with Gasteiger partial charge in [0.1, 0.15) is 0 Å². The monoisotopic (exact) mass is 237 g/mol. The summed E-state index contributed by atoms with van der Waals surface area (Å²) < 4.78 is 0.963. The van der Waals surface area contributed by atoms with E-state index in [-0.39, 0.29) is 11.8 Å². The molecule has 1 aliphatic carbocycles. The zero-order valence-electron chi connectivity index (χ0n) is 7.12. The molecule has 0 saturated carbocycles. The van der Waals surface area contributed by atoms with Gasteiger partial charge in [0.15, 0.2) is 0 Å². The molecule has 2 rings (SSSR count). The van der Waals surface area contributed by atoms with Crippen molar-refractivity contribution < 1.29 is 4.79 Å². The molecule has 1 atom stereocenters. The van der Waals surface area contributed by atoms with Crippen LogP contribution in [-0.4, -0.2) is 11.6 Å². The van der Waals surface area contributed by atoms with Crippen LogP contribution in [0, 0.1) is 5.92 Å². The van der Waals surface area contributed by atoms with Crippen LogP contribution >= 0.6 is 15.9 Å². The number of carbonyl (C=O) groups excluding carboxylic acids is 1. The van der Waals surface area contributed by atoms with E-state index in [1.165, 1.54) is 0 Å². The van der Waals surface area contributed by atoms with Crippen LogP contribution in [0.1, 0.15) is 6.92 Å².